The Labute approximate surface area is 111 Å². The van der Waals surface area contributed by atoms with E-state index >= 15 is 0 Å². The minimum Gasteiger partial charge on any atom is -0.387 e. The number of nitrogens with zero attached hydrogens (tertiary/aromatic N) is 1. The topological polar surface area (TPSA) is 23.5 Å². The molecule has 0 heterocycles. The van der Waals surface area contributed by atoms with Gasteiger partial charge < -0.3 is 5.11 Å². The first-order chi connectivity index (χ1) is 8.72. The maximum Gasteiger partial charge on any atom is 0.401 e. The second-order valence-corrected chi connectivity index (χ2v) is 5.12. The van der Waals surface area contributed by atoms with Gasteiger partial charge in [0.15, 0.2) is 0 Å². The van der Waals surface area contributed by atoms with Crippen molar-refractivity contribution < 1.29 is 18.3 Å². The second kappa shape index (κ2) is 6.39. The van der Waals surface area contributed by atoms with Crippen LogP contribution in [0, 0.1) is 5.92 Å². The third kappa shape index (κ3) is 4.84. The quantitative estimate of drug-likeness (QED) is 0.891. The van der Waals surface area contributed by atoms with E-state index in [1.165, 1.54) is 11.9 Å². The van der Waals surface area contributed by atoms with Crippen molar-refractivity contribution in [1.82, 2.24) is 4.90 Å². The zero-order valence-corrected chi connectivity index (χ0v) is 11.4. The number of hydrogen-bond donors (Lipinski definition) is 1. The Kier molecular flexibility index (Phi) is 5.38. The molecule has 0 saturated carbocycles. The molecular weight excluding hydrogens is 255 g/mol. The van der Waals surface area contributed by atoms with Crippen LogP contribution in [0.5, 0.6) is 0 Å². The highest BCUT2D eigenvalue weighted by Gasteiger charge is 2.36. The molecular formula is C14H20F3NO. The van der Waals surface area contributed by atoms with Gasteiger partial charge in [0.05, 0.1) is 12.6 Å². The van der Waals surface area contributed by atoms with Gasteiger partial charge in [-0.15, -0.1) is 0 Å². The number of hydrogen-bond acceptors (Lipinski definition) is 2. The molecule has 1 aromatic rings. The maximum atomic E-state index is 12.5. The Morgan fingerprint density at radius 3 is 2.11 bits per heavy atom. The highest BCUT2D eigenvalue weighted by atomic mass is 19.4. The average molecular weight is 275 g/mol. The van der Waals surface area contributed by atoms with Gasteiger partial charge in [-0.25, -0.2) is 0 Å². The number of likely N-dealkylation sites (N-methyl/N-ethyl adjacent to an activating group) is 1. The lowest BCUT2D eigenvalue weighted by molar-refractivity contribution is -0.154. The Bertz CT molecular complexity index is 378. The molecule has 0 radical (unpaired) electrons. The summed E-state index contributed by atoms with van der Waals surface area (Å²) >= 11 is 0. The van der Waals surface area contributed by atoms with Crippen molar-refractivity contribution in [2.45, 2.75) is 32.2 Å². The summed E-state index contributed by atoms with van der Waals surface area (Å²) in [5.74, 6) is -0.0949. The van der Waals surface area contributed by atoms with Crippen LogP contribution >= 0.6 is 0 Å². The zero-order valence-electron chi connectivity index (χ0n) is 11.4. The molecule has 2 unspecified atom stereocenters. The van der Waals surface area contributed by atoms with E-state index in [1.807, 2.05) is 13.8 Å². The van der Waals surface area contributed by atoms with Gasteiger partial charge in [0.1, 0.15) is 0 Å². The van der Waals surface area contributed by atoms with E-state index in [2.05, 4.69) is 0 Å². The van der Waals surface area contributed by atoms with Gasteiger partial charge in [0, 0.05) is 6.04 Å². The lowest BCUT2D eigenvalue weighted by Crippen LogP contribution is -2.45. The summed E-state index contributed by atoms with van der Waals surface area (Å²) in [6, 6.07) is 8.20. The van der Waals surface area contributed by atoms with Gasteiger partial charge in [-0.1, -0.05) is 44.2 Å². The summed E-state index contributed by atoms with van der Waals surface area (Å²) < 4.78 is 37.4. The Morgan fingerprint density at radius 1 is 1.16 bits per heavy atom. The number of aliphatic hydroxyl groups is 1. The molecule has 0 spiro atoms. The Hall–Kier alpha value is -1.07. The molecule has 1 aromatic carbocycles. The smallest absolute Gasteiger partial charge is 0.387 e. The fourth-order valence-electron chi connectivity index (χ4n) is 2.35. The SMILES string of the molecule is CC(C)C(C(O)c1ccccc1)N(C)CC(F)(F)F. The van der Waals surface area contributed by atoms with E-state index < -0.39 is 24.9 Å². The fourth-order valence-corrected chi connectivity index (χ4v) is 2.35. The fraction of sp³-hybridized carbons (Fsp3) is 0.571. The summed E-state index contributed by atoms with van der Waals surface area (Å²) in [5, 5.41) is 10.3. The van der Waals surface area contributed by atoms with Crippen LogP contribution in [0.25, 0.3) is 0 Å². The van der Waals surface area contributed by atoms with E-state index in [4.69, 9.17) is 0 Å². The van der Waals surface area contributed by atoms with Gasteiger partial charge in [-0.2, -0.15) is 13.2 Å². The first-order valence-electron chi connectivity index (χ1n) is 6.22. The van der Waals surface area contributed by atoms with E-state index in [9.17, 15) is 18.3 Å². The summed E-state index contributed by atoms with van der Waals surface area (Å²) in [6.45, 7) is 2.59. The van der Waals surface area contributed by atoms with Crippen LogP contribution in [0.2, 0.25) is 0 Å². The minimum absolute atomic E-state index is 0.0949. The highest BCUT2D eigenvalue weighted by Crippen LogP contribution is 2.28. The van der Waals surface area contributed by atoms with Crippen molar-refractivity contribution in [3.05, 3.63) is 35.9 Å². The van der Waals surface area contributed by atoms with Crippen LogP contribution in [0.1, 0.15) is 25.5 Å². The lowest BCUT2D eigenvalue weighted by Gasteiger charge is -2.35. The van der Waals surface area contributed by atoms with E-state index in [-0.39, 0.29) is 5.92 Å². The molecule has 1 rings (SSSR count). The molecule has 0 aliphatic carbocycles. The predicted octanol–water partition coefficient (Wildman–Crippen LogP) is 3.24. The molecule has 0 amide bonds. The monoisotopic (exact) mass is 275 g/mol. The second-order valence-electron chi connectivity index (χ2n) is 5.12. The van der Waals surface area contributed by atoms with E-state index in [0.717, 1.165) is 0 Å². The molecule has 0 bridgehead atoms. The zero-order chi connectivity index (χ0) is 14.6. The van der Waals surface area contributed by atoms with Gasteiger partial charge in [0.2, 0.25) is 0 Å². The molecule has 0 aliphatic rings. The van der Waals surface area contributed by atoms with Gasteiger partial charge in [-0.05, 0) is 18.5 Å². The summed E-state index contributed by atoms with van der Waals surface area (Å²) in [4.78, 5) is 1.17. The molecule has 0 saturated heterocycles. The number of halogens is 3. The van der Waals surface area contributed by atoms with Crippen LogP contribution < -0.4 is 0 Å². The number of rotatable bonds is 5. The van der Waals surface area contributed by atoms with Crippen LogP contribution in [0.3, 0.4) is 0 Å². The molecule has 19 heavy (non-hydrogen) atoms. The maximum absolute atomic E-state index is 12.5. The van der Waals surface area contributed by atoms with Crippen molar-refractivity contribution in [2.75, 3.05) is 13.6 Å². The highest BCUT2D eigenvalue weighted by molar-refractivity contribution is 5.19. The first-order valence-corrected chi connectivity index (χ1v) is 6.22. The molecule has 0 aromatic heterocycles. The van der Waals surface area contributed by atoms with Gasteiger partial charge in [0.25, 0.3) is 0 Å². The summed E-state index contributed by atoms with van der Waals surface area (Å²) in [5.41, 5.74) is 0.634. The third-order valence-corrected chi connectivity index (χ3v) is 3.09. The molecule has 108 valence electrons. The number of aliphatic hydroxyl groups excluding tert-OH is 1. The van der Waals surface area contributed by atoms with Crippen molar-refractivity contribution >= 4 is 0 Å². The van der Waals surface area contributed by atoms with Crippen LogP contribution in [0.15, 0.2) is 30.3 Å². The van der Waals surface area contributed by atoms with Crippen molar-refractivity contribution in [3.63, 3.8) is 0 Å². The third-order valence-electron chi connectivity index (χ3n) is 3.09. The molecule has 2 atom stereocenters. The van der Waals surface area contributed by atoms with Gasteiger partial charge in [-0.3, -0.25) is 4.90 Å². The number of benzene rings is 1. The van der Waals surface area contributed by atoms with Crippen molar-refractivity contribution in [2.24, 2.45) is 5.92 Å². The van der Waals surface area contributed by atoms with E-state index in [1.54, 1.807) is 30.3 Å². The Balaban J connectivity index is 2.89. The van der Waals surface area contributed by atoms with Crippen LogP contribution in [-0.2, 0) is 0 Å². The molecule has 5 heteroatoms. The Morgan fingerprint density at radius 2 is 1.68 bits per heavy atom. The molecule has 0 aliphatic heterocycles. The van der Waals surface area contributed by atoms with Crippen molar-refractivity contribution in [3.8, 4) is 0 Å². The average Bonchev–Trinajstić information content (AvgIpc) is 2.27. The van der Waals surface area contributed by atoms with Crippen LogP contribution in [0.4, 0.5) is 13.2 Å². The lowest BCUT2D eigenvalue weighted by atomic mass is 9.92. The standard InChI is InChI=1S/C14H20F3NO/c1-10(2)12(18(3)9-14(15,16)17)13(19)11-7-5-4-6-8-11/h4-8,10,12-13,19H,9H2,1-3H3. The normalized spacial score (nSPS) is 15.8. The minimum atomic E-state index is -4.27. The van der Waals surface area contributed by atoms with Crippen molar-refractivity contribution in [1.29, 1.82) is 0 Å². The predicted molar refractivity (Wildman–Crippen MR) is 68.7 cm³/mol. The molecule has 2 nitrogen and oxygen atoms in total. The summed E-state index contributed by atoms with van der Waals surface area (Å²) in [6.07, 6.45) is -5.20. The van der Waals surface area contributed by atoms with E-state index in [0.29, 0.717) is 5.56 Å². The largest absolute Gasteiger partial charge is 0.401 e. The van der Waals surface area contributed by atoms with Crippen LogP contribution in [-0.4, -0.2) is 35.8 Å². The van der Waals surface area contributed by atoms with Gasteiger partial charge >= 0.3 is 6.18 Å². The summed E-state index contributed by atoms with van der Waals surface area (Å²) in [7, 11) is 1.39. The number of alkyl halides is 3. The first kappa shape index (κ1) is 16.0. The molecule has 0 fully saturated rings. The molecule has 1 N–H and O–H groups in total.